The molecule has 0 radical (unpaired) electrons. The maximum absolute atomic E-state index is 5.94. The Labute approximate surface area is 81.6 Å². The van der Waals surface area contributed by atoms with Crippen molar-refractivity contribution in [3.8, 4) is 0 Å². The van der Waals surface area contributed by atoms with Crippen LogP contribution in [0.2, 0.25) is 0 Å². The normalized spacial score (nSPS) is 16.5. The van der Waals surface area contributed by atoms with Crippen molar-refractivity contribution in [1.29, 1.82) is 0 Å². The second-order valence-corrected chi connectivity index (χ2v) is 24.6. The third-order valence-electron chi connectivity index (χ3n) is 1.04. The zero-order chi connectivity index (χ0) is 8.41. The Bertz CT molecular complexity index is 128. The number of hydrogen-bond acceptors (Lipinski definition) is 0. The summed E-state index contributed by atoms with van der Waals surface area (Å²) in [5.41, 5.74) is -4.77. The minimum absolute atomic E-state index is 0.561. The van der Waals surface area contributed by atoms with Crippen LogP contribution in [-0.2, 0) is 0 Å². The van der Waals surface area contributed by atoms with Crippen LogP contribution >= 0.6 is 56.3 Å². The molecule has 0 rings (SSSR count). The van der Waals surface area contributed by atoms with Gasteiger partial charge >= 0.3 is 81.8 Å². The van der Waals surface area contributed by atoms with Gasteiger partial charge < -0.3 is 0 Å². The van der Waals surface area contributed by atoms with Crippen molar-refractivity contribution in [2.24, 2.45) is 0 Å². The molecule has 0 fully saturated rings. The van der Waals surface area contributed by atoms with E-state index in [9.17, 15) is 0 Å². The van der Waals surface area contributed by atoms with Crippen LogP contribution in [0.5, 0.6) is 0 Å². The SMILES string of the molecule is C=CC[PH](Cl)(Cl)[PH](C)(Cl)Cl. The Hall–Kier alpha value is 1.76. The van der Waals surface area contributed by atoms with Crippen LogP contribution in [0.15, 0.2) is 12.7 Å². The predicted octanol–water partition coefficient (Wildman–Crippen LogP) is 4.83. The van der Waals surface area contributed by atoms with Crippen LogP contribution in [0.25, 0.3) is 0 Å². The summed E-state index contributed by atoms with van der Waals surface area (Å²) in [6.45, 7) is 5.27. The number of allylic oxidation sites excluding steroid dienone is 1. The second-order valence-electron chi connectivity index (χ2n) is 2.09. The Morgan fingerprint density at radius 3 is 1.80 bits per heavy atom. The van der Waals surface area contributed by atoms with E-state index in [1.165, 1.54) is 0 Å². The summed E-state index contributed by atoms with van der Waals surface area (Å²) in [5.74, 6) is 0. The van der Waals surface area contributed by atoms with Gasteiger partial charge in [0.05, 0.1) is 0 Å². The molecule has 0 saturated heterocycles. The Balaban J connectivity index is 4.23. The monoisotopic (exact) mass is 260 g/mol. The van der Waals surface area contributed by atoms with E-state index in [4.69, 9.17) is 45.0 Å². The van der Waals surface area contributed by atoms with E-state index in [-0.39, 0.29) is 0 Å². The predicted molar refractivity (Wildman–Crippen MR) is 61.0 cm³/mol. The van der Waals surface area contributed by atoms with E-state index in [1.54, 1.807) is 12.7 Å². The van der Waals surface area contributed by atoms with E-state index in [1.807, 2.05) is 0 Å². The molecule has 0 bridgehead atoms. The molecule has 0 spiro atoms. The summed E-state index contributed by atoms with van der Waals surface area (Å²) in [4.78, 5) is 0. The van der Waals surface area contributed by atoms with Gasteiger partial charge in [-0.1, -0.05) is 0 Å². The van der Waals surface area contributed by atoms with Crippen LogP contribution in [0.1, 0.15) is 0 Å². The van der Waals surface area contributed by atoms with Gasteiger partial charge in [0.2, 0.25) is 0 Å². The molecule has 0 atom stereocenters. The molecule has 0 nitrogen and oxygen atoms in total. The average molecular weight is 262 g/mol. The molecular weight excluding hydrogens is 252 g/mol. The van der Waals surface area contributed by atoms with Gasteiger partial charge in [-0.25, -0.2) is 0 Å². The van der Waals surface area contributed by atoms with Crippen LogP contribution in [0.3, 0.4) is 0 Å². The zero-order valence-electron chi connectivity index (χ0n) is 5.50. The molecule has 0 unspecified atom stereocenters. The molecule has 0 N–H and O–H groups in total. The molecule has 0 aliphatic heterocycles. The molecule has 0 amide bonds. The van der Waals surface area contributed by atoms with Crippen molar-refractivity contribution >= 4 is 56.3 Å². The summed E-state index contributed by atoms with van der Waals surface area (Å²) < 4.78 is 0. The van der Waals surface area contributed by atoms with Gasteiger partial charge in [0.25, 0.3) is 0 Å². The third-order valence-corrected chi connectivity index (χ3v) is 24.6. The summed E-state index contributed by atoms with van der Waals surface area (Å²) in [5, 5.41) is 0. The number of halogens is 4. The fourth-order valence-electron chi connectivity index (χ4n) is 0.360. The van der Waals surface area contributed by atoms with Crippen LogP contribution in [-0.4, -0.2) is 12.8 Å². The topological polar surface area (TPSA) is 0 Å². The summed E-state index contributed by atoms with van der Waals surface area (Å²) in [7, 11) is 0. The van der Waals surface area contributed by atoms with Crippen molar-refractivity contribution in [3.63, 3.8) is 0 Å². The first kappa shape index (κ1) is 11.8. The quantitative estimate of drug-likeness (QED) is 0.504. The second kappa shape index (κ2) is 4.13. The van der Waals surface area contributed by atoms with Crippen molar-refractivity contribution in [3.05, 3.63) is 12.7 Å². The standard InChI is InChI=1S/C4H10Cl4P2/c1-3-4-10(7,8)9(2,5)6/h3,9-10H,1,4H2,2H3. The molecule has 0 saturated carbocycles. The first-order valence-electron chi connectivity index (χ1n) is 2.68. The zero-order valence-corrected chi connectivity index (χ0v) is 10.5. The van der Waals surface area contributed by atoms with Crippen molar-refractivity contribution in [1.82, 2.24) is 0 Å². The maximum atomic E-state index is 5.94. The number of rotatable bonds is 3. The van der Waals surface area contributed by atoms with Gasteiger partial charge in [-0.15, -0.1) is 0 Å². The molecule has 0 aromatic carbocycles. The Morgan fingerprint density at radius 1 is 1.30 bits per heavy atom. The van der Waals surface area contributed by atoms with E-state index < -0.39 is 11.3 Å². The van der Waals surface area contributed by atoms with Gasteiger partial charge in [0.1, 0.15) is 0 Å². The molecule has 0 aliphatic carbocycles. The van der Waals surface area contributed by atoms with Gasteiger partial charge in [-0.05, 0) is 0 Å². The van der Waals surface area contributed by atoms with E-state index in [2.05, 4.69) is 6.58 Å². The fraction of sp³-hybridized carbons (Fsp3) is 0.500. The third kappa shape index (κ3) is 3.44. The molecule has 0 aliphatic rings. The van der Waals surface area contributed by atoms with Gasteiger partial charge in [-0.3, -0.25) is 0 Å². The van der Waals surface area contributed by atoms with E-state index >= 15 is 0 Å². The molecule has 0 heterocycles. The van der Waals surface area contributed by atoms with E-state index in [0.29, 0.717) is 6.16 Å². The molecule has 0 aromatic rings. The first-order chi connectivity index (χ1) is 4.31. The Kier molecular flexibility index (Phi) is 4.85. The fourth-order valence-corrected chi connectivity index (χ4v) is 4.63. The number of hydrogen-bond donors (Lipinski definition) is 0. The van der Waals surface area contributed by atoms with Gasteiger partial charge in [0, 0.05) is 0 Å². The van der Waals surface area contributed by atoms with Crippen molar-refractivity contribution < 1.29 is 0 Å². The Morgan fingerprint density at radius 2 is 1.70 bits per heavy atom. The minimum atomic E-state index is -2.41. The average Bonchev–Trinajstić information content (AvgIpc) is 1.61. The molecule has 0 aromatic heterocycles. The van der Waals surface area contributed by atoms with Crippen LogP contribution in [0, 0.1) is 0 Å². The van der Waals surface area contributed by atoms with Crippen molar-refractivity contribution in [2.75, 3.05) is 12.8 Å². The first-order valence-corrected chi connectivity index (χ1v) is 12.4. The van der Waals surface area contributed by atoms with Gasteiger partial charge in [0.15, 0.2) is 0 Å². The van der Waals surface area contributed by atoms with Gasteiger partial charge in [-0.2, -0.15) is 0 Å². The van der Waals surface area contributed by atoms with Crippen LogP contribution < -0.4 is 0 Å². The molecular formula is C4H10Cl4P2. The summed E-state index contributed by atoms with van der Waals surface area (Å²) >= 11 is 23.6. The summed E-state index contributed by atoms with van der Waals surface area (Å²) in [6, 6.07) is 0. The van der Waals surface area contributed by atoms with Crippen LogP contribution in [0.4, 0.5) is 0 Å². The summed E-state index contributed by atoms with van der Waals surface area (Å²) in [6.07, 6.45) is 2.23. The van der Waals surface area contributed by atoms with Crippen molar-refractivity contribution in [2.45, 2.75) is 0 Å². The van der Waals surface area contributed by atoms with E-state index in [0.717, 1.165) is 0 Å². The molecule has 64 valence electrons. The molecule has 6 heteroatoms. The molecule has 10 heavy (non-hydrogen) atoms.